The molecule has 0 aromatic heterocycles. The van der Waals surface area contributed by atoms with Crippen LogP contribution in [0.25, 0.3) is 0 Å². The van der Waals surface area contributed by atoms with Crippen LogP contribution in [0.15, 0.2) is 23.1 Å². The number of benzene rings is 1. The molecule has 0 atom stereocenters. The Bertz CT molecular complexity index is 392. The van der Waals surface area contributed by atoms with Gasteiger partial charge in [0.25, 0.3) is 0 Å². The summed E-state index contributed by atoms with van der Waals surface area (Å²) in [5, 5.41) is 0. The minimum Gasteiger partial charge on any atom is -0.490 e. The van der Waals surface area contributed by atoms with Crippen LogP contribution in [0.5, 0.6) is 11.5 Å². The average molecular weight is 252 g/mol. The average Bonchev–Trinajstić information content (AvgIpc) is 3.02. The molecule has 0 amide bonds. The Morgan fingerprint density at radius 2 is 1.94 bits per heavy atom. The fourth-order valence-electron chi connectivity index (χ4n) is 1.51. The molecule has 1 saturated carbocycles. The molecule has 2 nitrogen and oxygen atoms in total. The molecule has 0 radical (unpaired) electrons. The fourth-order valence-corrected chi connectivity index (χ4v) is 2.06. The summed E-state index contributed by atoms with van der Waals surface area (Å²) < 4.78 is 11.7. The van der Waals surface area contributed by atoms with E-state index in [9.17, 15) is 0 Å². The lowest BCUT2D eigenvalue weighted by Crippen LogP contribution is -2.23. The molecule has 1 aromatic rings. The van der Waals surface area contributed by atoms with Gasteiger partial charge in [0.1, 0.15) is 17.1 Å². The van der Waals surface area contributed by atoms with Crippen molar-refractivity contribution in [3.63, 3.8) is 0 Å². The monoisotopic (exact) mass is 252 g/mol. The molecule has 0 N–H and O–H groups in total. The summed E-state index contributed by atoms with van der Waals surface area (Å²) in [7, 11) is 0. The SMILES string of the molecule is CSc1cc(OC2CC2)ccc1OC(C)(C)C. The van der Waals surface area contributed by atoms with Crippen molar-refractivity contribution in [1.29, 1.82) is 0 Å². The van der Waals surface area contributed by atoms with Gasteiger partial charge in [-0.15, -0.1) is 11.8 Å². The second-order valence-corrected chi connectivity index (χ2v) is 6.19. The molecule has 0 heterocycles. The van der Waals surface area contributed by atoms with Crippen LogP contribution >= 0.6 is 11.8 Å². The molecule has 1 aliphatic rings. The first-order valence-corrected chi connectivity index (χ1v) is 7.24. The molecule has 1 aliphatic carbocycles. The van der Waals surface area contributed by atoms with E-state index in [1.807, 2.05) is 12.1 Å². The summed E-state index contributed by atoms with van der Waals surface area (Å²) in [6, 6.07) is 6.08. The summed E-state index contributed by atoms with van der Waals surface area (Å²) in [5.41, 5.74) is -0.163. The third-order valence-corrected chi connectivity index (χ3v) is 3.14. The third kappa shape index (κ3) is 3.84. The summed E-state index contributed by atoms with van der Waals surface area (Å²) in [5.74, 6) is 1.89. The van der Waals surface area contributed by atoms with Crippen molar-refractivity contribution in [2.24, 2.45) is 0 Å². The van der Waals surface area contributed by atoms with Gasteiger partial charge in [-0.2, -0.15) is 0 Å². The number of thioether (sulfide) groups is 1. The molecule has 1 fully saturated rings. The second kappa shape index (κ2) is 4.81. The number of hydrogen-bond acceptors (Lipinski definition) is 3. The van der Waals surface area contributed by atoms with Crippen LogP contribution in [0.2, 0.25) is 0 Å². The van der Waals surface area contributed by atoms with Crippen LogP contribution in [-0.2, 0) is 0 Å². The Morgan fingerprint density at radius 1 is 1.24 bits per heavy atom. The van der Waals surface area contributed by atoms with Gasteiger partial charge in [-0.05, 0) is 58.1 Å². The van der Waals surface area contributed by atoms with E-state index < -0.39 is 0 Å². The Labute approximate surface area is 108 Å². The zero-order valence-electron chi connectivity index (χ0n) is 10.9. The molecule has 0 bridgehead atoms. The zero-order chi connectivity index (χ0) is 12.5. The van der Waals surface area contributed by atoms with Crippen molar-refractivity contribution in [3.8, 4) is 11.5 Å². The van der Waals surface area contributed by atoms with E-state index in [1.165, 1.54) is 12.8 Å². The van der Waals surface area contributed by atoms with Crippen LogP contribution in [-0.4, -0.2) is 18.0 Å². The first-order valence-electron chi connectivity index (χ1n) is 6.01. The van der Waals surface area contributed by atoms with Gasteiger partial charge in [-0.25, -0.2) is 0 Å². The van der Waals surface area contributed by atoms with E-state index in [1.54, 1.807) is 11.8 Å². The standard InChI is InChI=1S/C14H20O2S/c1-14(2,3)16-12-8-7-11(9-13(12)17-4)15-10-5-6-10/h7-10H,5-6H2,1-4H3. The minimum absolute atomic E-state index is 0.163. The topological polar surface area (TPSA) is 18.5 Å². The van der Waals surface area contributed by atoms with Crippen LogP contribution in [0, 0.1) is 0 Å². The maximum atomic E-state index is 5.92. The van der Waals surface area contributed by atoms with E-state index in [2.05, 4.69) is 33.1 Å². The lowest BCUT2D eigenvalue weighted by atomic mass is 10.2. The highest BCUT2D eigenvalue weighted by Crippen LogP contribution is 2.35. The van der Waals surface area contributed by atoms with Crippen LogP contribution in [0.3, 0.4) is 0 Å². The Balaban J connectivity index is 2.15. The first kappa shape index (κ1) is 12.6. The van der Waals surface area contributed by atoms with E-state index in [4.69, 9.17) is 9.47 Å². The van der Waals surface area contributed by atoms with Gasteiger partial charge in [0.15, 0.2) is 0 Å². The summed E-state index contributed by atoms with van der Waals surface area (Å²) in [4.78, 5) is 1.14. The van der Waals surface area contributed by atoms with Gasteiger partial charge in [0.2, 0.25) is 0 Å². The highest BCUT2D eigenvalue weighted by atomic mass is 32.2. The molecule has 1 aromatic carbocycles. The Morgan fingerprint density at radius 3 is 2.47 bits per heavy atom. The molecule has 0 spiro atoms. The van der Waals surface area contributed by atoms with Gasteiger partial charge >= 0.3 is 0 Å². The maximum Gasteiger partial charge on any atom is 0.133 e. The molecule has 0 aliphatic heterocycles. The summed E-state index contributed by atoms with van der Waals surface area (Å²) in [6.07, 6.45) is 4.88. The second-order valence-electron chi connectivity index (χ2n) is 5.34. The highest BCUT2D eigenvalue weighted by Gasteiger charge is 2.24. The number of rotatable bonds is 4. The Hall–Kier alpha value is -0.830. The molecular formula is C14H20O2S. The van der Waals surface area contributed by atoms with Crippen molar-refractivity contribution in [2.75, 3.05) is 6.26 Å². The molecular weight excluding hydrogens is 232 g/mol. The Kier molecular flexibility index (Phi) is 3.57. The van der Waals surface area contributed by atoms with E-state index >= 15 is 0 Å². The molecule has 2 rings (SSSR count). The first-order chi connectivity index (χ1) is 7.98. The quantitative estimate of drug-likeness (QED) is 0.751. The lowest BCUT2D eigenvalue weighted by Gasteiger charge is -2.23. The smallest absolute Gasteiger partial charge is 0.133 e. The van der Waals surface area contributed by atoms with Gasteiger partial charge in [-0.1, -0.05) is 0 Å². The van der Waals surface area contributed by atoms with Crippen LogP contribution in [0.1, 0.15) is 33.6 Å². The molecule has 0 saturated heterocycles. The maximum absolute atomic E-state index is 5.92. The normalized spacial score (nSPS) is 15.8. The predicted octanol–water partition coefficient (Wildman–Crippen LogP) is 4.13. The number of ether oxygens (including phenoxy) is 2. The fraction of sp³-hybridized carbons (Fsp3) is 0.571. The molecule has 17 heavy (non-hydrogen) atoms. The zero-order valence-corrected chi connectivity index (χ0v) is 11.8. The van der Waals surface area contributed by atoms with Gasteiger partial charge in [0, 0.05) is 0 Å². The van der Waals surface area contributed by atoms with Crippen LogP contribution < -0.4 is 9.47 Å². The predicted molar refractivity (Wildman–Crippen MR) is 72.3 cm³/mol. The van der Waals surface area contributed by atoms with E-state index in [0.717, 1.165) is 16.4 Å². The summed E-state index contributed by atoms with van der Waals surface area (Å²) in [6.45, 7) is 6.18. The minimum atomic E-state index is -0.163. The number of hydrogen-bond donors (Lipinski definition) is 0. The van der Waals surface area contributed by atoms with Gasteiger partial charge in [0.05, 0.1) is 11.0 Å². The van der Waals surface area contributed by atoms with Gasteiger partial charge in [-0.3, -0.25) is 0 Å². The third-order valence-electron chi connectivity index (χ3n) is 2.38. The van der Waals surface area contributed by atoms with Crippen molar-refractivity contribution < 1.29 is 9.47 Å². The van der Waals surface area contributed by atoms with Crippen molar-refractivity contribution in [1.82, 2.24) is 0 Å². The van der Waals surface area contributed by atoms with E-state index in [-0.39, 0.29) is 5.60 Å². The van der Waals surface area contributed by atoms with E-state index in [0.29, 0.717) is 6.10 Å². The molecule has 94 valence electrons. The van der Waals surface area contributed by atoms with Crippen molar-refractivity contribution >= 4 is 11.8 Å². The molecule has 0 unspecified atom stereocenters. The largest absolute Gasteiger partial charge is 0.490 e. The highest BCUT2D eigenvalue weighted by molar-refractivity contribution is 7.98. The summed E-state index contributed by atoms with van der Waals surface area (Å²) >= 11 is 1.69. The van der Waals surface area contributed by atoms with Crippen molar-refractivity contribution in [2.45, 2.75) is 50.2 Å². The van der Waals surface area contributed by atoms with Crippen molar-refractivity contribution in [3.05, 3.63) is 18.2 Å². The lowest BCUT2D eigenvalue weighted by molar-refractivity contribution is 0.126. The molecule has 3 heteroatoms. The van der Waals surface area contributed by atoms with Gasteiger partial charge < -0.3 is 9.47 Å². The van der Waals surface area contributed by atoms with Crippen LogP contribution in [0.4, 0.5) is 0 Å².